The van der Waals surface area contributed by atoms with Crippen LogP contribution < -0.4 is 11.1 Å². The molecule has 3 nitrogen and oxygen atoms in total. The Morgan fingerprint density at radius 2 is 2.12 bits per heavy atom. The average molecular weight is 260 g/mol. The van der Waals surface area contributed by atoms with Gasteiger partial charge < -0.3 is 11.1 Å². The zero-order valence-corrected chi connectivity index (χ0v) is 11.4. The van der Waals surface area contributed by atoms with Crippen LogP contribution in [0.1, 0.15) is 32.1 Å². The molecule has 0 heterocycles. The summed E-state index contributed by atoms with van der Waals surface area (Å²) in [5, 5.41) is 2.93. The highest BCUT2D eigenvalue weighted by Crippen LogP contribution is 2.46. The predicted octanol–water partition coefficient (Wildman–Crippen LogP) is 1.70. The van der Waals surface area contributed by atoms with E-state index in [4.69, 9.17) is 18.0 Å². The van der Waals surface area contributed by atoms with Crippen LogP contribution in [0.4, 0.5) is 0 Å². The molecule has 0 spiro atoms. The van der Waals surface area contributed by atoms with E-state index in [1.165, 1.54) is 18.6 Å². The summed E-state index contributed by atoms with van der Waals surface area (Å²) in [7, 11) is 0. The number of amides is 1. The number of carbonyl (C=O) groups excluding carboxylic acids is 1. The maximum atomic E-state index is 11.8. The van der Waals surface area contributed by atoms with Gasteiger partial charge in [0.1, 0.15) is 0 Å². The number of carbonyl (C=O) groups is 1. The molecule has 0 aliphatic heterocycles. The fourth-order valence-corrected chi connectivity index (χ4v) is 2.42. The standard InChI is InChI=1S/C11H20N2OS2/c1-16-8-4-2-3-7-13-10(14)11(5-6-11)9(12)15/h2-8H2,1H3,(H2,12,15)(H,13,14). The van der Waals surface area contributed by atoms with Crippen LogP contribution in [0.25, 0.3) is 0 Å². The highest BCUT2D eigenvalue weighted by Gasteiger charge is 2.52. The number of thiocarbonyl (C=S) groups is 1. The summed E-state index contributed by atoms with van der Waals surface area (Å²) >= 11 is 6.78. The zero-order valence-electron chi connectivity index (χ0n) is 9.75. The molecule has 1 amide bonds. The Bertz CT molecular complexity index is 265. The quantitative estimate of drug-likeness (QED) is 0.515. The highest BCUT2D eigenvalue weighted by atomic mass is 32.2. The van der Waals surface area contributed by atoms with Gasteiger partial charge in [-0.05, 0) is 37.7 Å². The number of rotatable bonds is 8. The maximum Gasteiger partial charge on any atom is 0.233 e. The Morgan fingerprint density at radius 3 is 2.62 bits per heavy atom. The predicted molar refractivity (Wildman–Crippen MR) is 73.7 cm³/mol. The first kappa shape index (κ1) is 13.8. The van der Waals surface area contributed by atoms with Gasteiger partial charge in [0.25, 0.3) is 0 Å². The molecule has 1 fully saturated rings. The van der Waals surface area contributed by atoms with Crippen molar-refractivity contribution in [2.45, 2.75) is 32.1 Å². The van der Waals surface area contributed by atoms with Crippen LogP contribution in [-0.4, -0.2) is 29.4 Å². The second-order valence-corrected chi connectivity index (χ2v) is 5.68. The van der Waals surface area contributed by atoms with Crippen LogP contribution >= 0.6 is 24.0 Å². The van der Waals surface area contributed by atoms with E-state index in [2.05, 4.69) is 11.6 Å². The minimum absolute atomic E-state index is 0.0323. The normalized spacial score (nSPS) is 16.8. The summed E-state index contributed by atoms with van der Waals surface area (Å²) in [4.78, 5) is 12.1. The Labute approximate surface area is 107 Å². The molecule has 0 radical (unpaired) electrons. The molecule has 0 aromatic rings. The summed E-state index contributed by atoms with van der Waals surface area (Å²) in [6.45, 7) is 0.748. The zero-order chi connectivity index (χ0) is 12.0. The molecule has 0 saturated heterocycles. The highest BCUT2D eigenvalue weighted by molar-refractivity contribution is 7.98. The van der Waals surface area contributed by atoms with E-state index in [0.717, 1.165) is 25.8 Å². The first-order valence-corrected chi connectivity index (χ1v) is 7.51. The van der Waals surface area contributed by atoms with Crippen LogP contribution in [0.3, 0.4) is 0 Å². The third-order valence-corrected chi connectivity index (χ3v) is 4.05. The first-order chi connectivity index (χ1) is 7.63. The summed E-state index contributed by atoms with van der Waals surface area (Å²) in [6.07, 6.45) is 7.18. The monoisotopic (exact) mass is 260 g/mol. The molecule has 1 aliphatic rings. The van der Waals surface area contributed by atoms with Gasteiger partial charge in [0.2, 0.25) is 5.91 Å². The molecular formula is C11H20N2OS2. The summed E-state index contributed by atoms with van der Waals surface area (Å²) in [6, 6.07) is 0. The largest absolute Gasteiger partial charge is 0.392 e. The minimum atomic E-state index is -0.491. The minimum Gasteiger partial charge on any atom is -0.392 e. The number of hydrogen-bond acceptors (Lipinski definition) is 3. The van der Waals surface area contributed by atoms with Crippen molar-refractivity contribution in [1.82, 2.24) is 5.32 Å². The van der Waals surface area contributed by atoms with Crippen molar-refractivity contribution in [3.05, 3.63) is 0 Å². The van der Waals surface area contributed by atoms with Gasteiger partial charge >= 0.3 is 0 Å². The molecule has 0 atom stereocenters. The SMILES string of the molecule is CSCCCCCNC(=O)C1(C(N)=S)CC1. The van der Waals surface area contributed by atoms with Crippen molar-refractivity contribution in [1.29, 1.82) is 0 Å². The molecule has 3 N–H and O–H groups in total. The van der Waals surface area contributed by atoms with Gasteiger partial charge in [0, 0.05) is 6.54 Å². The molecule has 5 heteroatoms. The van der Waals surface area contributed by atoms with Crippen molar-refractivity contribution in [2.24, 2.45) is 11.1 Å². The molecule has 0 unspecified atom stereocenters. The van der Waals surface area contributed by atoms with E-state index in [0.29, 0.717) is 4.99 Å². The Kier molecular flexibility index (Phi) is 5.55. The molecule has 0 aromatic heterocycles. The smallest absolute Gasteiger partial charge is 0.233 e. The van der Waals surface area contributed by atoms with Crippen molar-refractivity contribution >= 4 is 34.9 Å². The van der Waals surface area contributed by atoms with E-state index in [-0.39, 0.29) is 5.91 Å². The van der Waals surface area contributed by atoms with Gasteiger partial charge in [-0.2, -0.15) is 11.8 Å². The first-order valence-electron chi connectivity index (χ1n) is 5.70. The second kappa shape index (κ2) is 6.45. The lowest BCUT2D eigenvalue weighted by molar-refractivity contribution is -0.124. The van der Waals surface area contributed by atoms with E-state index < -0.39 is 5.41 Å². The number of unbranched alkanes of at least 4 members (excludes halogenated alkanes) is 2. The van der Waals surface area contributed by atoms with Crippen molar-refractivity contribution in [3.8, 4) is 0 Å². The fraction of sp³-hybridized carbons (Fsp3) is 0.818. The van der Waals surface area contributed by atoms with Gasteiger partial charge in [0.05, 0.1) is 10.4 Å². The Hall–Kier alpha value is -0.290. The third-order valence-electron chi connectivity index (χ3n) is 2.97. The molecular weight excluding hydrogens is 240 g/mol. The van der Waals surface area contributed by atoms with Crippen LogP contribution in [-0.2, 0) is 4.79 Å². The van der Waals surface area contributed by atoms with Crippen molar-refractivity contribution in [2.75, 3.05) is 18.6 Å². The van der Waals surface area contributed by atoms with E-state index >= 15 is 0 Å². The summed E-state index contributed by atoms with van der Waals surface area (Å²) < 4.78 is 0. The molecule has 0 aromatic carbocycles. The van der Waals surface area contributed by atoms with Crippen LogP contribution in [0, 0.1) is 5.41 Å². The summed E-state index contributed by atoms with van der Waals surface area (Å²) in [5.74, 6) is 1.23. The maximum absolute atomic E-state index is 11.8. The Balaban J connectivity index is 2.10. The van der Waals surface area contributed by atoms with E-state index in [1.807, 2.05) is 11.8 Å². The molecule has 1 rings (SSSR count). The lowest BCUT2D eigenvalue weighted by Gasteiger charge is -2.13. The molecule has 0 bridgehead atoms. The van der Waals surface area contributed by atoms with Crippen molar-refractivity contribution < 1.29 is 4.79 Å². The van der Waals surface area contributed by atoms with Gasteiger partial charge in [0.15, 0.2) is 0 Å². The van der Waals surface area contributed by atoms with Gasteiger partial charge in [-0.25, -0.2) is 0 Å². The number of nitrogens with two attached hydrogens (primary N) is 1. The third kappa shape index (κ3) is 3.63. The van der Waals surface area contributed by atoms with Gasteiger partial charge in [-0.3, -0.25) is 4.79 Å². The van der Waals surface area contributed by atoms with Crippen LogP contribution in [0.5, 0.6) is 0 Å². The van der Waals surface area contributed by atoms with E-state index in [1.54, 1.807) is 0 Å². The van der Waals surface area contributed by atoms with Crippen molar-refractivity contribution in [3.63, 3.8) is 0 Å². The lowest BCUT2D eigenvalue weighted by Crippen LogP contribution is -2.39. The molecule has 92 valence electrons. The molecule has 1 aliphatic carbocycles. The van der Waals surface area contributed by atoms with Gasteiger partial charge in [-0.1, -0.05) is 18.6 Å². The molecule has 1 saturated carbocycles. The fourth-order valence-electron chi connectivity index (χ4n) is 1.63. The van der Waals surface area contributed by atoms with Crippen LogP contribution in [0.2, 0.25) is 0 Å². The number of nitrogens with one attached hydrogen (secondary N) is 1. The summed E-state index contributed by atoms with van der Waals surface area (Å²) in [5.41, 5.74) is 5.08. The van der Waals surface area contributed by atoms with E-state index in [9.17, 15) is 4.79 Å². The molecule has 16 heavy (non-hydrogen) atoms. The topological polar surface area (TPSA) is 55.1 Å². The average Bonchev–Trinajstić information content (AvgIpc) is 3.03. The van der Waals surface area contributed by atoms with Crippen LogP contribution in [0.15, 0.2) is 0 Å². The number of thioether (sulfide) groups is 1. The lowest BCUT2D eigenvalue weighted by atomic mass is 10.1. The second-order valence-electron chi connectivity index (χ2n) is 4.26. The van der Waals surface area contributed by atoms with Gasteiger partial charge in [-0.15, -0.1) is 0 Å². The Morgan fingerprint density at radius 1 is 1.44 bits per heavy atom. The number of hydrogen-bond donors (Lipinski definition) is 2.